The van der Waals surface area contributed by atoms with Crippen molar-refractivity contribution < 1.29 is 32.5 Å². The molecule has 12 heteroatoms. The van der Waals surface area contributed by atoms with Crippen molar-refractivity contribution >= 4 is 27.4 Å². The first-order valence-corrected chi connectivity index (χ1v) is 15.0. The monoisotopic (exact) mass is 560 g/mol. The number of carbonyl (C=O) groups is 1. The molecule has 0 aliphatic carbocycles. The van der Waals surface area contributed by atoms with Gasteiger partial charge in [-0.05, 0) is 57.4 Å². The van der Waals surface area contributed by atoms with Crippen LogP contribution in [-0.4, -0.2) is 74.3 Å². The molecule has 3 aliphatic rings. The molecule has 5 rings (SSSR count). The van der Waals surface area contributed by atoms with Gasteiger partial charge in [0.1, 0.15) is 11.4 Å². The lowest BCUT2D eigenvalue weighted by molar-refractivity contribution is -0.148. The Kier molecular flexibility index (Phi) is 7.11. The van der Waals surface area contributed by atoms with Gasteiger partial charge in [0, 0.05) is 49.2 Å². The van der Waals surface area contributed by atoms with E-state index < -0.39 is 27.1 Å². The van der Waals surface area contributed by atoms with Gasteiger partial charge in [-0.3, -0.25) is 4.90 Å². The number of carboxylic acid groups (broad SMARTS) is 1. The highest BCUT2D eigenvalue weighted by Crippen LogP contribution is 2.46. The number of aromatic nitrogens is 2. The molecule has 0 saturated carbocycles. The van der Waals surface area contributed by atoms with Crippen LogP contribution in [0, 0.1) is 0 Å². The zero-order valence-corrected chi connectivity index (χ0v) is 23.9. The molecule has 1 aromatic carbocycles. The molecule has 2 aromatic rings. The van der Waals surface area contributed by atoms with Gasteiger partial charge in [-0.2, -0.15) is 0 Å². The molecule has 0 radical (unpaired) electrons. The van der Waals surface area contributed by atoms with Crippen LogP contribution < -0.4 is 9.80 Å². The van der Waals surface area contributed by atoms with E-state index in [1.165, 1.54) is 4.90 Å². The van der Waals surface area contributed by atoms with E-state index in [2.05, 4.69) is 9.97 Å². The van der Waals surface area contributed by atoms with Crippen molar-refractivity contribution in [1.29, 1.82) is 0 Å². The number of rotatable bonds is 3. The fourth-order valence-corrected chi connectivity index (χ4v) is 6.14. The second-order valence-corrected chi connectivity index (χ2v) is 13.4. The van der Waals surface area contributed by atoms with E-state index in [9.17, 15) is 18.3 Å². The predicted octanol–water partition coefficient (Wildman–Crippen LogP) is 3.45. The van der Waals surface area contributed by atoms with Crippen molar-refractivity contribution in [3.05, 3.63) is 40.6 Å². The molecule has 1 aromatic heterocycles. The summed E-state index contributed by atoms with van der Waals surface area (Å²) < 4.78 is 43.6. The van der Waals surface area contributed by atoms with Gasteiger partial charge in [0.25, 0.3) is 0 Å². The number of hydrogen-bond acceptors (Lipinski definition) is 9. The SMILES string of the molecule is C[C@@H]1OC[C@]2(Cc3nc(S(C)(=O)=O)nc(N4CCCOCC4)c3CO2)c2cc(N(C(=O)O)C(C)(C)C)ccc21. The highest BCUT2D eigenvalue weighted by atomic mass is 32.2. The van der Waals surface area contributed by atoms with Gasteiger partial charge >= 0.3 is 6.09 Å². The standard InChI is InChI=1S/C27H36N4O7S/c1-17-19-8-7-18(31(25(32)33)26(2,3)4)13-21(19)27(16-37-17)14-22-20(15-38-27)23(29-24(28-22)39(5,34)35)30-9-6-11-36-12-10-30/h7-8,13,17H,6,9-12,14-16H2,1-5H3,(H,32,33)/t17-,27+/m0/s1. The predicted molar refractivity (Wildman–Crippen MR) is 144 cm³/mol. The Labute approximate surface area is 229 Å². The molecule has 39 heavy (non-hydrogen) atoms. The average Bonchev–Trinajstić information content (AvgIpc) is 3.14. The summed E-state index contributed by atoms with van der Waals surface area (Å²) in [5.41, 5.74) is 1.97. The van der Waals surface area contributed by atoms with Crippen LogP contribution in [0.5, 0.6) is 0 Å². The molecule has 1 saturated heterocycles. The van der Waals surface area contributed by atoms with Crippen LogP contribution in [0.25, 0.3) is 0 Å². The highest BCUT2D eigenvalue weighted by molar-refractivity contribution is 7.90. The molecular formula is C27H36N4O7S. The Balaban J connectivity index is 1.63. The first kappa shape index (κ1) is 27.8. The number of anilines is 2. The van der Waals surface area contributed by atoms with Crippen molar-refractivity contribution in [2.45, 2.75) is 69.5 Å². The van der Waals surface area contributed by atoms with Gasteiger partial charge in [0.05, 0.1) is 31.6 Å². The Morgan fingerprint density at radius 2 is 1.97 bits per heavy atom. The number of amides is 1. The van der Waals surface area contributed by atoms with E-state index in [0.29, 0.717) is 43.5 Å². The van der Waals surface area contributed by atoms with Crippen molar-refractivity contribution in [3.63, 3.8) is 0 Å². The molecule has 4 heterocycles. The van der Waals surface area contributed by atoms with E-state index in [1.54, 1.807) is 6.07 Å². The normalized spacial score (nSPS) is 23.6. The molecular weight excluding hydrogens is 524 g/mol. The number of fused-ring (bicyclic) bond motifs is 3. The molecule has 3 aliphatic heterocycles. The minimum Gasteiger partial charge on any atom is -0.465 e. The third kappa shape index (κ3) is 5.22. The maximum atomic E-state index is 12.6. The second-order valence-electron chi connectivity index (χ2n) is 11.5. The molecule has 2 atom stereocenters. The molecule has 212 valence electrons. The molecule has 1 N–H and O–H groups in total. The lowest BCUT2D eigenvalue weighted by atomic mass is 9.80. The molecule has 1 amide bonds. The summed E-state index contributed by atoms with van der Waals surface area (Å²) in [6.45, 7) is 10.3. The number of benzene rings is 1. The number of sulfone groups is 1. The summed E-state index contributed by atoms with van der Waals surface area (Å²) in [5, 5.41) is 9.79. The van der Waals surface area contributed by atoms with Crippen molar-refractivity contribution in [2.24, 2.45) is 0 Å². The summed E-state index contributed by atoms with van der Waals surface area (Å²) in [4.78, 5) is 24.6. The van der Waals surface area contributed by atoms with Crippen molar-refractivity contribution in [3.8, 4) is 0 Å². The van der Waals surface area contributed by atoms with E-state index >= 15 is 0 Å². The maximum absolute atomic E-state index is 12.6. The summed E-state index contributed by atoms with van der Waals surface area (Å²) >= 11 is 0. The minimum atomic E-state index is -3.69. The van der Waals surface area contributed by atoms with Gasteiger partial charge in [-0.1, -0.05) is 6.07 Å². The molecule has 0 unspecified atom stereocenters. The highest BCUT2D eigenvalue weighted by Gasteiger charge is 2.46. The maximum Gasteiger partial charge on any atom is 0.412 e. The molecule has 1 fully saturated rings. The fraction of sp³-hybridized carbons (Fsp3) is 0.593. The second kappa shape index (κ2) is 9.99. The van der Waals surface area contributed by atoms with Gasteiger partial charge in [0.2, 0.25) is 15.0 Å². The van der Waals surface area contributed by atoms with Gasteiger partial charge < -0.3 is 24.2 Å². The van der Waals surface area contributed by atoms with Crippen LogP contribution in [-0.2, 0) is 42.7 Å². The fourth-order valence-electron chi connectivity index (χ4n) is 5.62. The van der Waals surface area contributed by atoms with Gasteiger partial charge in [-0.25, -0.2) is 23.2 Å². The van der Waals surface area contributed by atoms with Crippen LogP contribution in [0.15, 0.2) is 23.4 Å². The zero-order chi connectivity index (χ0) is 28.2. The summed E-state index contributed by atoms with van der Waals surface area (Å²) in [6.07, 6.45) is 0.897. The van der Waals surface area contributed by atoms with Gasteiger partial charge in [-0.15, -0.1) is 0 Å². The summed E-state index contributed by atoms with van der Waals surface area (Å²) in [5.74, 6) is 0.560. The summed E-state index contributed by atoms with van der Waals surface area (Å²) in [7, 11) is -3.69. The topological polar surface area (TPSA) is 131 Å². The quantitative estimate of drug-likeness (QED) is 0.557. The van der Waals surface area contributed by atoms with Crippen LogP contribution in [0.1, 0.15) is 62.6 Å². The van der Waals surface area contributed by atoms with E-state index in [4.69, 9.17) is 14.2 Å². The Hall–Kier alpha value is -2.80. The van der Waals surface area contributed by atoms with Crippen molar-refractivity contribution in [1.82, 2.24) is 9.97 Å². The molecule has 11 nitrogen and oxygen atoms in total. The summed E-state index contributed by atoms with van der Waals surface area (Å²) in [6, 6.07) is 5.54. The number of ether oxygens (including phenoxy) is 3. The zero-order valence-electron chi connectivity index (χ0n) is 23.1. The molecule has 0 bridgehead atoms. The van der Waals surface area contributed by atoms with Crippen LogP contribution in [0.2, 0.25) is 0 Å². The Morgan fingerprint density at radius 1 is 1.21 bits per heavy atom. The van der Waals surface area contributed by atoms with Crippen LogP contribution in [0.3, 0.4) is 0 Å². The van der Waals surface area contributed by atoms with Gasteiger partial charge in [0.15, 0.2) is 0 Å². The first-order valence-electron chi connectivity index (χ1n) is 13.2. The largest absolute Gasteiger partial charge is 0.465 e. The van der Waals surface area contributed by atoms with Crippen LogP contribution >= 0.6 is 0 Å². The number of nitrogens with zero attached hydrogens (tertiary/aromatic N) is 4. The lowest BCUT2D eigenvalue weighted by Crippen LogP contribution is -2.47. The van der Waals surface area contributed by atoms with E-state index in [0.717, 1.165) is 29.4 Å². The van der Waals surface area contributed by atoms with E-state index in [-0.39, 0.29) is 30.9 Å². The van der Waals surface area contributed by atoms with Crippen molar-refractivity contribution in [2.75, 3.05) is 49.0 Å². The lowest BCUT2D eigenvalue weighted by Gasteiger charge is -2.44. The third-order valence-corrected chi connectivity index (χ3v) is 8.35. The molecule has 1 spiro atoms. The average molecular weight is 561 g/mol. The Morgan fingerprint density at radius 3 is 2.67 bits per heavy atom. The van der Waals surface area contributed by atoms with E-state index in [1.807, 2.05) is 44.7 Å². The first-order chi connectivity index (χ1) is 18.3. The van der Waals surface area contributed by atoms with Crippen LogP contribution in [0.4, 0.5) is 16.3 Å². The number of hydrogen-bond donors (Lipinski definition) is 1. The smallest absolute Gasteiger partial charge is 0.412 e. The minimum absolute atomic E-state index is 0.162. The third-order valence-electron chi connectivity index (χ3n) is 7.50. The Bertz CT molecular complexity index is 1380.